The first-order chi connectivity index (χ1) is 11.7. The van der Waals surface area contributed by atoms with E-state index in [0.717, 1.165) is 50.4 Å². The quantitative estimate of drug-likeness (QED) is 0.339. The van der Waals surface area contributed by atoms with Gasteiger partial charge < -0.3 is 16.0 Å². The van der Waals surface area contributed by atoms with E-state index in [4.69, 9.17) is 0 Å². The van der Waals surface area contributed by atoms with Crippen LogP contribution in [0.4, 0.5) is 4.79 Å². The van der Waals surface area contributed by atoms with Crippen molar-refractivity contribution in [3.63, 3.8) is 0 Å². The number of rotatable bonds is 13. The van der Waals surface area contributed by atoms with Crippen LogP contribution in [0.3, 0.4) is 0 Å². The number of carbonyl (C=O) groups is 2. The fourth-order valence-electron chi connectivity index (χ4n) is 2.57. The van der Waals surface area contributed by atoms with Gasteiger partial charge in [-0.05, 0) is 39.0 Å². The number of carbonyl (C=O) groups excluding carboxylic acids is 2. The first-order valence-electron chi connectivity index (χ1n) is 9.29. The molecule has 0 aromatic heterocycles. The highest BCUT2D eigenvalue weighted by atomic mass is 33.1. The van der Waals surface area contributed by atoms with Crippen molar-refractivity contribution in [2.75, 3.05) is 25.4 Å². The minimum absolute atomic E-state index is 0.0879. The smallest absolute Gasteiger partial charge is 0.314 e. The Morgan fingerprint density at radius 2 is 1.71 bits per heavy atom. The summed E-state index contributed by atoms with van der Waals surface area (Å²) in [6.45, 7) is 4.06. The predicted molar refractivity (Wildman–Crippen MR) is 105 cm³/mol. The van der Waals surface area contributed by atoms with Crippen LogP contribution in [0.15, 0.2) is 0 Å². The van der Waals surface area contributed by atoms with E-state index < -0.39 is 0 Å². The molecular formula is C17H33N3O2S2. The average Bonchev–Trinajstić information content (AvgIpc) is 3.07. The molecule has 3 N–H and O–H groups in total. The zero-order chi connectivity index (χ0) is 17.5. The molecule has 7 heteroatoms. The molecule has 1 rings (SSSR count). The van der Waals surface area contributed by atoms with Crippen molar-refractivity contribution in [3.05, 3.63) is 0 Å². The first kappa shape index (κ1) is 21.5. The molecule has 0 aromatic rings. The number of hydrogen-bond donors (Lipinski definition) is 3. The third-order valence-corrected chi connectivity index (χ3v) is 6.96. The van der Waals surface area contributed by atoms with Gasteiger partial charge in [0.1, 0.15) is 0 Å². The number of hydrogen-bond acceptors (Lipinski definition) is 4. The zero-order valence-corrected chi connectivity index (χ0v) is 16.5. The van der Waals surface area contributed by atoms with Crippen LogP contribution >= 0.6 is 21.6 Å². The van der Waals surface area contributed by atoms with E-state index in [1.807, 2.05) is 28.5 Å². The molecule has 0 saturated carbocycles. The number of nitrogens with one attached hydrogen (secondary N) is 3. The summed E-state index contributed by atoms with van der Waals surface area (Å²) in [6, 6.07) is -0.0879. The van der Waals surface area contributed by atoms with Gasteiger partial charge in [0.15, 0.2) is 0 Å². The Hall–Kier alpha value is -0.560. The van der Waals surface area contributed by atoms with E-state index in [0.29, 0.717) is 13.0 Å². The van der Waals surface area contributed by atoms with E-state index >= 15 is 0 Å². The second-order valence-electron chi connectivity index (χ2n) is 6.13. The van der Waals surface area contributed by atoms with Crippen LogP contribution in [0.5, 0.6) is 0 Å². The monoisotopic (exact) mass is 375 g/mol. The van der Waals surface area contributed by atoms with Gasteiger partial charge in [0.25, 0.3) is 0 Å². The van der Waals surface area contributed by atoms with Gasteiger partial charge in [-0.1, -0.05) is 40.9 Å². The molecule has 1 aliphatic rings. The minimum Gasteiger partial charge on any atom is -0.356 e. The fraction of sp³-hybridized carbons (Fsp3) is 0.882. The van der Waals surface area contributed by atoms with Gasteiger partial charge in [-0.15, -0.1) is 0 Å². The first-order valence-corrected chi connectivity index (χ1v) is 11.7. The normalized spacial score (nSPS) is 16.8. The molecule has 0 spiro atoms. The minimum atomic E-state index is -0.0879. The molecular weight excluding hydrogens is 342 g/mol. The summed E-state index contributed by atoms with van der Waals surface area (Å²) in [7, 11) is 4.00. The lowest BCUT2D eigenvalue weighted by Crippen LogP contribution is -2.35. The molecule has 24 heavy (non-hydrogen) atoms. The van der Waals surface area contributed by atoms with E-state index in [9.17, 15) is 9.59 Å². The summed E-state index contributed by atoms with van der Waals surface area (Å²) < 4.78 is 0. The van der Waals surface area contributed by atoms with E-state index in [2.05, 4.69) is 16.0 Å². The molecule has 1 unspecified atom stereocenters. The van der Waals surface area contributed by atoms with E-state index in [1.165, 1.54) is 25.0 Å². The van der Waals surface area contributed by atoms with Crippen molar-refractivity contribution in [2.24, 2.45) is 0 Å². The van der Waals surface area contributed by atoms with Gasteiger partial charge >= 0.3 is 6.03 Å². The van der Waals surface area contributed by atoms with Gasteiger partial charge in [0, 0.05) is 37.1 Å². The predicted octanol–water partition coefficient (Wildman–Crippen LogP) is 3.70. The van der Waals surface area contributed by atoms with Crippen LogP contribution in [0.2, 0.25) is 0 Å². The van der Waals surface area contributed by atoms with Crippen LogP contribution < -0.4 is 16.0 Å². The van der Waals surface area contributed by atoms with E-state index in [-0.39, 0.29) is 11.9 Å². The Morgan fingerprint density at radius 3 is 2.38 bits per heavy atom. The number of amides is 3. The topological polar surface area (TPSA) is 70.2 Å². The van der Waals surface area contributed by atoms with E-state index in [1.54, 1.807) is 0 Å². The largest absolute Gasteiger partial charge is 0.356 e. The van der Waals surface area contributed by atoms with Crippen LogP contribution in [0, 0.1) is 0 Å². The number of unbranched alkanes of at least 4 members (excludes halogenated alkanes) is 4. The molecule has 140 valence electrons. The summed E-state index contributed by atoms with van der Waals surface area (Å²) in [5.74, 6) is 1.49. The molecule has 3 amide bonds. The van der Waals surface area contributed by atoms with Crippen molar-refractivity contribution in [1.29, 1.82) is 0 Å². The summed E-state index contributed by atoms with van der Waals surface area (Å²) in [5, 5.41) is 9.35. The summed E-state index contributed by atoms with van der Waals surface area (Å²) in [4.78, 5) is 22.9. The maximum absolute atomic E-state index is 11.7. The standard InChI is InChI=1S/C17H33N3O2S2/c1-2-18-17(22)20-13-8-4-3-7-12-19-16(21)10-6-5-9-15-11-14-23-24-15/h15H,2-14H2,1H3,(H,19,21)(H2,18,20,22). The third kappa shape index (κ3) is 11.9. The Balaban J connectivity index is 1.79. The average molecular weight is 376 g/mol. The fourth-order valence-corrected chi connectivity index (χ4v) is 5.59. The van der Waals surface area contributed by atoms with Gasteiger partial charge in [0.05, 0.1) is 0 Å². The number of urea groups is 1. The lowest BCUT2D eigenvalue weighted by Gasteiger charge is -2.08. The Morgan fingerprint density at radius 1 is 0.958 bits per heavy atom. The van der Waals surface area contributed by atoms with Crippen LogP contribution in [0.25, 0.3) is 0 Å². The van der Waals surface area contributed by atoms with Crippen molar-refractivity contribution < 1.29 is 9.59 Å². The molecule has 1 heterocycles. The van der Waals surface area contributed by atoms with Gasteiger partial charge in [-0.2, -0.15) is 0 Å². The molecule has 1 aliphatic heterocycles. The molecule has 1 saturated heterocycles. The summed E-state index contributed by atoms with van der Waals surface area (Å²) in [5.41, 5.74) is 0. The van der Waals surface area contributed by atoms with Crippen LogP contribution in [0.1, 0.15) is 64.7 Å². The highest BCUT2D eigenvalue weighted by molar-refractivity contribution is 8.77. The van der Waals surface area contributed by atoms with Crippen molar-refractivity contribution in [2.45, 2.75) is 70.0 Å². The summed E-state index contributed by atoms with van der Waals surface area (Å²) >= 11 is 0. The second-order valence-corrected chi connectivity index (χ2v) is 8.91. The highest BCUT2D eigenvalue weighted by Crippen LogP contribution is 2.39. The Kier molecular flexibility index (Phi) is 13.2. The molecule has 1 fully saturated rings. The van der Waals surface area contributed by atoms with Gasteiger partial charge in [-0.25, -0.2) is 4.79 Å². The Bertz CT molecular complexity index is 351. The Labute approximate surface area is 154 Å². The summed E-state index contributed by atoms with van der Waals surface area (Å²) in [6.07, 6.45) is 9.62. The van der Waals surface area contributed by atoms with Gasteiger partial charge in [-0.3, -0.25) is 4.79 Å². The molecule has 0 aromatic carbocycles. The SMILES string of the molecule is CCNC(=O)NCCCCCCNC(=O)CCCCC1CCSS1. The molecule has 5 nitrogen and oxygen atoms in total. The van der Waals surface area contributed by atoms with Crippen molar-refractivity contribution >= 4 is 33.5 Å². The maximum Gasteiger partial charge on any atom is 0.314 e. The third-order valence-electron chi connectivity index (χ3n) is 3.96. The van der Waals surface area contributed by atoms with Gasteiger partial charge in [0.2, 0.25) is 5.91 Å². The molecule has 0 aliphatic carbocycles. The molecule has 0 radical (unpaired) electrons. The van der Waals surface area contributed by atoms with Crippen LogP contribution in [-0.2, 0) is 4.79 Å². The molecule has 0 bridgehead atoms. The maximum atomic E-state index is 11.7. The zero-order valence-electron chi connectivity index (χ0n) is 14.9. The molecule has 1 atom stereocenters. The second kappa shape index (κ2) is 14.8. The van der Waals surface area contributed by atoms with Crippen molar-refractivity contribution in [1.82, 2.24) is 16.0 Å². The lowest BCUT2D eigenvalue weighted by molar-refractivity contribution is -0.121. The lowest BCUT2D eigenvalue weighted by atomic mass is 10.1. The van der Waals surface area contributed by atoms with Crippen molar-refractivity contribution in [3.8, 4) is 0 Å². The van der Waals surface area contributed by atoms with Crippen LogP contribution in [-0.4, -0.2) is 42.6 Å². The highest BCUT2D eigenvalue weighted by Gasteiger charge is 2.15.